The van der Waals surface area contributed by atoms with Crippen molar-refractivity contribution in [3.8, 4) is 0 Å². The molecule has 17 heteroatoms. The van der Waals surface area contributed by atoms with Crippen molar-refractivity contribution in [2.75, 3.05) is 49.1 Å². The predicted octanol–water partition coefficient (Wildman–Crippen LogP) is 1.26. The van der Waals surface area contributed by atoms with Gasteiger partial charge in [-0.2, -0.15) is 0 Å². The van der Waals surface area contributed by atoms with Gasteiger partial charge in [0.05, 0.1) is 55.7 Å². The first-order chi connectivity index (χ1) is 27.3. The van der Waals surface area contributed by atoms with Crippen LogP contribution in [0, 0.1) is 29.6 Å². The minimum Gasteiger partial charge on any atom is -0.462 e. The van der Waals surface area contributed by atoms with Gasteiger partial charge in [0, 0.05) is 59.0 Å². The van der Waals surface area contributed by atoms with E-state index in [1.807, 2.05) is 20.8 Å². The van der Waals surface area contributed by atoms with Crippen LogP contribution in [0.1, 0.15) is 80.1 Å². The zero-order chi connectivity index (χ0) is 43.6. The number of aliphatic hydroxyl groups excluding tert-OH is 5. The molecule has 0 amide bonds. The number of methoxy groups -OCH3 is 4. The number of ketones is 1. The molecule has 0 spiro atoms. The van der Waals surface area contributed by atoms with Gasteiger partial charge in [0.1, 0.15) is 36.3 Å². The summed E-state index contributed by atoms with van der Waals surface area (Å²) in [6.07, 6.45) is -12.5. The second-order valence-electron chi connectivity index (χ2n) is 16.9. The van der Waals surface area contributed by atoms with E-state index < -0.39 is 134 Å². The molecule has 0 radical (unpaired) electrons. The zero-order valence-electron chi connectivity index (χ0n) is 36.7. The monoisotopic (exact) mass is 838 g/mol. The largest absolute Gasteiger partial charge is 0.462 e. The van der Waals surface area contributed by atoms with E-state index in [1.165, 1.54) is 28.4 Å². The number of hydrogen-bond acceptors (Lipinski definition) is 17. The number of Topliss-reactive ketones (excluding diaryl/α,β-unsaturated/α-hetero) is 1. The second-order valence-corrected chi connectivity index (χ2v) is 16.9. The number of ether oxygens (including phenoxy) is 9. The summed E-state index contributed by atoms with van der Waals surface area (Å²) in [7, 11) is 9.36. The molecule has 0 aliphatic carbocycles. The third-order valence-corrected chi connectivity index (χ3v) is 12.7. The number of cyclic esters (lactones) is 1. The van der Waals surface area contributed by atoms with Crippen molar-refractivity contribution in [2.45, 2.75) is 172 Å². The van der Waals surface area contributed by atoms with Crippen molar-refractivity contribution in [1.29, 1.82) is 0 Å². The summed E-state index contributed by atoms with van der Waals surface area (Å²) in [4.78, 5) is 29.4. The topological polar surface area (TPSA) is 222 Å². The van der Waals surface area contributed by atoms with Crippen molar-refractivity contribution in [2.24, 2.45) is 29.6 Å². The lowest BCUT2D eigenvalue weighted by Crippen LogP contribution is -2.63. The van der Waals surface area contributed by atoms with Crippen molar-refractivity contribution in [3.63, 3.8) is 0 Å². The zero-order valence-corrected chi connectivity index (χ0v) is 36.7. The number of carbonyl (C=O) groups is 2. The fourth-order valence-corrected chi connectivity index (χ4v) is 8.79. The number of carbonyl (C=O) groups excluding carboxylic acids is 2. The summed E-state index contributed by atoms with van der Waals surface area (Å²) < 4.78 is 53.2. The van der Waals surface area contributed by atoms with E-state index in [0.29, 0.717) is 6.42 Å². The molecule has 58 heavy (non-hydrogen) atoms. The Morgan fingerprint density at radius 3 is 1.97 bits per heavy atom. The highest BCUT2D eigenvalue weighted by atomic mass is 16.7. The van der Waals surface area contributed by atoms with Crippen LogP contribution >= 0.6 is 0 Å². The van der Waals surface area contributed by atoms with Crippen molar-refractivity contribution in [3.05, 3.63) is 0 Å². The molecule has 340 valence electrons. The van der Waals surface area contributed by atoms with Gasteiger partial charge in [0.2, 0.25) is 0 Å². The van der Waals surface area contributed by atoms with Gasteiger partial charge in [-0.05, 0) is 59.0 Å². The van der Waals surface area contributed by atoms with E-state index in [1.54, 1.807) is 39.8 Å². The standard InChI is InChI=1S/C41H75NO16/c1-13-29-26(19-54-41-39(53-12)38(52-11)35(48)24(6)56-41)33(46)20(2)14-15-27(43)21(3)16-25(17-31(50-9)51-10)37(22(4)28(44)18-30(45)57-29)58-40-36(49)32(42(7)8)34(47)23(5)55-40/h20-26,28-29,31-41,44,46-49H,13-19H2,1-12H3/t20?,21-,22-,23+,24+,25+,26+,28-,29+,32-,33+,34+,35+,36+,37+,38+,39+,40-,41+/m0/s1. The molecule has 0 bridgehead atoms. The molecule has 17 nitrogen and oxygen atoms in total. The maximum absolute atomic E-state index is 13.9. The highest BCUT2D eigenvalue weighted by molar-refractivity contribution is 5.80. The van der Waals surface area contributed by atoms with E-state index in [2.05, 4.69) is 0 Å². The van der Waals surface area contributed by atoms with Crippen LogP contribution in [-0.4, -0.2) is 183 Å². The lowest BCUT2D eigenvalue weighted by molar-refractivity contribution is -0.307. The molecule has 19 atom stereocenters. The maximum Gasteiger partial charge on any atom is 0.308 e. The number of hydrogen-bond donors (Lipinski definition) is 5. The second kappa shape index (κ2) is 23.7. The fourth-order valence-electron chi connectivity index (χ4n) is 8.79. The Labute approximate surface area is 344 Å². The van der Waals surface area contributed by atoms with E-state index in [4.69, 9.17) is 42.6 Å². The summed E-state index contributed by atoms with van der Waals surface area (Å²) in [5.41, 5.74) is 0. The third kappa shape index (κ3) is 12.8. The van der Waals surface area contributed by atoms with Crippen molar-refractivity contribution in [1.82, 2.24) is 4.90 Å². The highest BCUT2D eigenvalue weighted by Crippen LogP contribution is 2.37. The molecule has 0 saturated carbocycles. The Morgan fingerprint density at radius 2 is 1.40 bits per heavy atom. The molecule has 0 aromatic rings. The van der Waals surface area contributed by atoms with E-state index in [0.717, 1.165) is 0 Å². The highest BCUT2D eigenvalue weighted by Gasteiger charge is 2.49. The fraction of sp³-hybridized carbons (Fsp3) is 0.951. The SMILES string of the molecule is CC[C@H]1OC(=O)C[C@H](O)[C@H](C)[C@@H](O[C@@H]2O[C@H](C)[C@@H](O)[C@H](N(C)C)[C@H]2O)[C@@H](CC(OC)OC)C[C@H](C)C(=O)CCC(C)[C@@H](O)[C@@H]1CO[C@@H]1O[C@H](C)[C@@H](O)[C@@H](OC)[C@H]1OC. The van der Waals surface area contributed by atoms with Gasteiger partial charge in [0.15, 0.2) is 18.9 Å². The third-order valence-electron chi connectivity index (χ3n) is 12.7. The molecular formula is C41H75NO16. The van der Waals surface area contributed by atoms with Crippen molar-refractivity contribution < 1.29 is 77.8 Å². The number of esters is 1. The molecular weight excluding hydrogens is 762 g/mol. The first kappa shape index (κ1) is 50.9. The van der Waals surface area contributed by atoms with Gasteiger partial charge < -0.3 is 73.1 Å². The van der Waals surface area contributed by atoms with Gasteiger partial charge in [-0.1, -0.05) is 27.7 Å². The van der Waals surface area contributed by atoms with Gasteiger partial charge in [-0.25, -0.2) is 0 Å². The molecule has 5 N–H and O–H groups in total. The minimum absolute atomic E-state index is 0.0455. The Bertz CT molecular complexity index is 1230. The van der Waals surface area contributed by atoms with Gasteiger partial charge in [0.25, 0.3) is 0 Å². The summed E-state index contributed by atoms with van der Waals surface area (Å²) in [6.45, 7) is 10.4. The Kier molecular flexibility index (Phi) is 20.8. The van der Waals surface area contributed by atoms with Crippen LogP contribution in [0.5, 0.6) is 0 Å². The molecule has 3 heterocycles. The van der Waals surface area contributed by atoms with Crippen LogP contribution < -0.4 is 0 Å². The quantitative estimate of drug-likeness (QED) is 0.130. The summed E-state index contributed by atoms with van der Waals surface area (Å²) in [5, 5.41) is 56.7. The number of aliphatic hydroxyl groups is 5. The average molecular weight is 838 g/mol. The molecule has 1 unspecified atom stereocenters. The van der Waals surface area contributed by atoms with Crippen LogP contribution in [0.25, 0.3) is 0 Å². The first-order valence-electron chi connectivity index (χ1n) is 20.8. The smallest absolute Gasteiger partial charge is 0.308 e. The predicted molar refractivity (Wildman–Crippen MR) is 209 cm³/mol. The molecule has 3 rings (SSSR count). The average Bonchev–Trinajstić information content (AvgIpc) is 3.18. The van der Waals surface area contributed by atoms with Gasteiger partial charge in [-0.15, -0.1) is 0 Å². The molecule has 0 aromatic heterocycles. The van der Waals surface area contributed by atoms with E-state index in [9.17, 15) is 35.1 Å². The molecule has 3 aliphatic rings. The van der Waals surface area contributed by atoms with Crippen LogP contribution in [0.3, 0.4) is 0 Å². The maximum atomic E-state index is 13.9. The lowest BCUT2D eigenvalue weighted by Gasteiger charge is -2.47. The molecule has 0 aromatic carbocycles. The Balaban J connectivity index is 2.00. The van der Waals surface area contributed by atoms with Crippen molar-refractivity contribution >= 4 is 11.8 Å². The van der Waals surface area contributed by atoms with E-state index in [-0.39, 0.29) is 38.1 Å². The first-order valence-corrected chi connectivity index (χ1v) is 20.8. The van der Waals surface area contributed by atoms with Crippen LogP contribution in [0.15, 0.2) is 0 Å². The van der Waals surface area contributed by atoms with E-state index >= 15 is 0 Å². The minimum atomic E-state index is -1.33. The number of rotatable bonds is 13. The summed E-state index contributed by atoms with van der Waals surface area (Å²) in [6, 6.07) is -0.735. The van der Waals surface area contributed by atoms with Crippen LogP contribution in [0.2, 0.25) is 0 Å². The van der Waals surface area contributed by atoms with Gasteiger partial charge in [-0.3, -0.25) is 9.59 Å². The van der Waals surface area contributed by atoms with Gasteiger partial charge >= 0.3 is 5.97 Å². The lowest BCUT2D eigenvalue weighted by atomic mass is 9.78. The molecule has 3 saturated heterocycles. The molecule has 3 fully saturated rings. The number of nitrogens with zero attached hydrogens (tertiary/aromatic N) is 1. The van der Waals surface area contributed by atoms with Crippen LogP contribution in [0.4, 0.5) is 0 Å². The van der Waals surface area contributed by atoms with Crippen LogP contribution in [-0.2, 0) is 52.2 Å². The summed E-state index contributed by atoms with van der Waals surface area (Å²) in [5.74, 6) is -3.78. The number of likely N-dealkylation sites (N-methyl/N-ethyl adjacent to an activating group) is 1. The normalized spacial score (nSPS) is 43.1. The summed E-state index contributed by atoms with van der Waals surface area (Å²) >= 11 is 0. The Hall–Kier alpha value is -1.42. The Morgan fingerprint density at radius 1 is 0.793 bits per heavy atom. The molecule has 3 aliphatic heterocycles.